The molecule has 4 heterocycles. The van der Waals surface area contributed by atoms with Crippen molar-refractivity contribution in [1.29, 1.82) is 0 Å². The van der Waals surface area contributed by atoms with Crippen LogP contribution in [0.25, 0.3) is 11.3 Å². The van der Waals surface area contributed by atoms with Gasteiger partial charge in [0, 0.05) is 69.8 Å². The first-order chi connectivity index (χ1) is 24.6. The minimum absolute atomic E-state index is 0.00855. The molecule has 3 N–H and O–H groups in total. The van der Waals surface area contributed by atoms with Gasteiger partial charge in [-0.2, -0.15) is 0 Å². The number of ether oxygens (including phenoxy) is 1. The van der Waals surface area contributed by atoms with E-state index in [1.54, 1.807) is 11.1 Å². The van der Waals surface area contributed by atoms with E-state index in [1.807, 2.05) is 34.9 Å². The first kappa shape index (κ1) is 36.0. The molecule has 4 amide bonds. The van der Waals surface area contributed by atoms with E-state index >= 15 is 4.39 Å². The van der Waals surface area contributed by atoms with Gasteiger partial charge in [0.2, 0.25) is 5.91 Å². The molecule has 0 spiro atoms. The summed E-state index contributed by atoms with van der Waals surface area (Å²) in [5, 5.41) is 16.7. The van der Waals surface area contributed by atoms with E-state index in [9.17, 15) is 28.7 Å². The van der Waals surface area contributed by atoms with Crippen LogP contribution in [0.2, 0.25) is 0 Å². The maximum atomic E-state index is 15.1. The van der Waals surface area contributed by atoms with Gasteiger partial charge in [-0.1, -0.05) is 30.3 Å². The van der Waals surface area contributed by atoms with Gasteiger partial charge < -0.3 is 29.9 Å². The monoisotopic (exact) mass is 704 g/mol. The van der Waals surface area contributed by atoms with Crippen molar-refractivity contribution >= 4 is 23.6 Å². The smallest absolute Gasteiger partial charge is 0.253 e. The van der Waals surface area contributed by atoms with Crippen molar-refractivity contribution in [3.63, 3.8) is 0 Å². The summed E-state index contributed by atoms with van der Waals surface area (Å²) in [5.74, 6) is -2.75. The highest BCUT2D eigenvalue weighted by Crippen LogP contribution is 2.38. The summed E-state index contributed by atoms with van der Waals surface area (Å²) < 4.78 is 37.1. The molecule has 0 aliphatic carbocycles. The second-order valence-corrected chi connectivity index (χ2v) is 13.3. The molecule has 0 saturated carbocycles. The third kappa shape index (κ3) is 8.41. The predicted molar refractivity (Wildman–Crippen MR) is 182 cm³/mol. The van der Waals surface area contributed by atoms with Gasteiger partial charge in [0.05, 0.1) is 17.8 Å². The zero-order valence-corrected chi connectivity index (χ0v) is 28.3. The van der Waals surface area contributed by atoms with Crippen LogP contribution >= 0.6 is 0 Å². The van der Waals surface area contributed by atoms with Crippen LogP contribution in [0.1, 0.15) is 43.6 Å². The van der Waals surface area contributed by atoms with Crippen molar-refractivity contribution < 1.29 is 37.8 Å². The summed E-state index contributed by atoms with van der Waals surface area (Å²) in [6.45, 7) is 3.41. The largest absolute Gasteiger partial charge is 0.384 e. The number of rotatable bonds is 13. The second kappa shape index (κ2) is 16.0. The Bertz CT molecular complexity index is 1760. The van der Waals surface area contributed by atoms with Crippen molar-refractivity contribution in [2.45, 2.75) is 50.9 Å². The van der Waals surface area contributed by atoms with Crippen molar-refractivity contribution in [2.24, 2.45) is 11.8 Å². The Morgan fingerprint density at radius 2 is 1.82 bits per heavy atom. The van der Waals surface area contributed by atoms with E-state index < -0.39 is 47.5 Å². The van der Waals surface area contributed by atoms with Crippen LogP contribution in [0, 0.1) is 23.5 Å². The Labute approximate surface area is 294 Å². The van der Waals surface area contributed by atoms with Gasteiger partial charge >= 0.3 is 0 Å². The minimum atomic E-state index is -1.34. The van der Waals surface area contributed by atoms with Crippen molar-refractivity contribution in [3.05, 3.63) is 89.9 Å². The number of hydrogen-bond acceptors (Lipinski definition) is 8. The summed E-state index contributed by atoms with van der Waals surface area (Å²) in [6, 6.07) is 11.6. The van der Waals surface area contributed by atoms with Crippen LogP contribution in [0.5, 0.6) is 0 Å². The number of amides is 4. The Kier molecular flexibility index (Phi) is 11.3. The third-order valence-electron chi connectivity index (χ3n) is 9.69. The van der Waals surface area contributed by atoms with Crippen LogP contribution in [0.15, 0.2) is 66.9 Å². The molecule has 0 bridgehead atoms. The zero-order valence-electron chi connectivity index (χ0n) is 28.3. The number of nitrogens with one attached hydrogen (secondary N) is 2. The summed E-state index contributed by atoms with van der Waals surface area (Å²) in [7, 11) is 0. The number of halogens is 2. The molecule has 4 unspecified atom stereocenters. The number of aliphatic hydroxyl groups is 1. The fraction of sp³-hybridized carbons (Fsp3) is 0.432. The number of aromatic nitrogens is 2. The second-order valence-electron chi connectivity index (χ2n) is 13.3. The molecule has 3 aliphatic rings. The lowest BCUT2D eigenvalue weighted by Gasteiger charge is -2.40. The fourth-order valence-corrected chi connectivity index (χ4v) is 7.10. The molecular weight excluding hydrogens is 662 g/mol. The molecule has 1 aromatic heterocycles. The lowest BCUT2D eigenvalue weighted by Crippen LogP contribution is -2.47. The zero-order chi connectivity index (χ0) is 36.1. The highest BCUT2D eigenvalue weighted by atomic mass is 19.1. The maximum Gasteiger partial charge on any atom is 0.253 e. The molecule has 51 heavy (non-hydrogen) atoms. The molecule has 2 aromatic carbocycles. The molecule has 2 saturated heterocycles. The maximum absolute atomic E-state index is 15.1. The lowest BCUT2D eigenvalue weighted by molar-refractivity contribution is -0.145. The SMILES string of the molecule is CC(O)C(=O)N(CC1CNC(C(=O)NCCN2C(=O)C=CC2=O)C1)C(c1nc(-c2cc(F)ccc2F)cn1Cc1ccccc1)C1CCOCC1. The molecule has 3 aromatic rings. The van der Waals surface area contributed by atoms with Crippen LogP contribution in [0.4, 0.5) is 8.78 Å². The Hall–Kier alpha value is -4.79. The highest BCUT2D eigenvalue weighted by molar-refractivity contribution is 6.12. The molecule has 4 atom stereocenters. The van der Waals surface area contributed by atoms with Gasteiger partial charge in [-0.15, -0.1) is 0 Å². The summed E-state index contributed by atoms with van der Waals surface area (Å²) >= 11 is 0. The van der Waals surface area contributed by atoms with Gasteiger partial charge in [-0.25, -0.2) is 13.8 Å². The highest BCUT2D eigenvalue weighted by Gasteiger charge is 2.41. The minimum Gasteiger partial charge on any atom is -0.384 e. The van der Waals surface area contributed by atoms with Crippen molar-refractivity contribution in [1.82, 2.24) is 30.0 Å². The number of imidazole rings is 1. The standard InChI is InChI=1S/C37H42F2N6O6/c1-23(46)37(50)45(21-25-17-30(41-19-25)36(49)40-13-14-44-32(47)9-10-33(44)48)34(26-11-15-51-16-12-26)35-42-31(28-18-27(38)7-8-29(28)39)22-43(35)20-24-5-3-2-4-6-24/h2-10,18,22-23,25-26,30,34,41,46H,11-17,19-21H2,1H3,(H,40,49). The summed E-state index contributed by atoms with van der Waals surface area (Å²) in [4.78, 5) is 58.4. The number of carbonyl (C=O) groups excluding carboxylic acids is 4. The molecule has 6 rings (SSSR count). The lowest BCUT2D eigenvalue weighted by atomic mass is 9.88. The fourth-order valence-electron chi connectivity index (χ4n) is 7.10. The first-order valence-electron chi connectivity index (χ1n) is 17.3. The average Bonchev–Trinajstić information content (AvgIpc) is 3.85. The van der Waals surface area contributed by atoms with Gasteiger partial charge in [0.1, 0.15) is 23.6 Å². The van der Waals surface area contributed by atoms with E-state index in [1.165, 1.54) is 19.1 Å². The first-order valence-corrected chi connectivity index (χ1v) is 17.3. The number of carbonyl (C=O) groups is 4. The predicted octanol–water partition coefficient (Wildman–Crippen LogP) is 2.57. The average molecular weight is 705 g/mol. The van der Waals surface area contributed by atoms with Crippen LogP contribution in [-0.4, -0.2) is 99.6 Å². The summed E-state index contributed by atoms with van der Waals surface area (Å²) in [5.41, 5.74) is 1.14. The van der Waals surface area contributed by atoms with E-state index in [0.29, 0.717) is 51.4 Å². The molecular formula is C37H42F2N6O6. The normalized spacial score (nSPS) is 20.5. The number of hydrogen-bond donors (Lipinski definition) is 3. The Morgan fingerprint density at radius 3 is 2.53 bits per heavy atom. The number of benzene rings is 2. The van der Waals surface area contributed by atoms with E-state index in [4.69, 9.17) is 9.72 Å². The van der Waals surface area contributed by atoms with E-state index in [-0.39, 0.29) is 48.6 Å². The Morgan fingerprint density at radius 1 is 1.10 bits per heavy atom. The molecule has 3 aliphatic heterocycles. The molecule has 0 radical (unpaired) electrons. The van der Waals surface area contributed by atoms with E-state index in [2.05, 4.69) is 10.6 Å². The van der Waals surface area contributed by atoms with Crippen LogP contribution in [0.3, 0.4) is 0 Å². The van der Waals surface area contributed by atoms with Crippen molar-refractivity contribution in [3.8, 4) is 11.3 Å². The number of imide groups is 1. The van der Waals surface area contributed by atoms with E-state index in [0.717, 1.165) is 28.7 Å². The van der Waals surface area contributed by atoms with Crippen molar-refractivity contribution in [2.75, 3.05) is 39.4 Å². The topological polar surface area (TPSA) is 146 Å². The quantitative estimate of drug-likeness (QED) is 0.230. The van der Waals surface area contributed by atoms with Crippen LogP contribution < -0.4 is 10.6 Å². The third-order valence-corrected chi connectivity index (χ3v) is 9.69. The number of aliphatic hydroxyl groups excluding tert-OH is 1. The van der Waals surface area contributed by atoms with Gasteiger partial charge in [-0.3, -0.25) is 24.1 Å². The number of nitrogens with zero attached hydrogens (tertiary/aromatic N) is 4. The molecule has 2 fully saturated rings. The van der Waals surface area contributed by atoms with Gasteiger partial charge in [0.15, 0.2) is 0 Å². The Balaban J connectivity index is 1.29. The van der Waals surface area contributed by atoms with Gasteiger partial charge in [-0.05, 0) is 61.8 Å². The van der Waals surface area contributed by atoms with Crippen LogP contribution in [-0.2, 0) is 30.5 Å². The molecule has 12 nitrogen and oxygen atoms in total. The van der Waals surface area contributed by atoms with Gasteiger partial charge in [0.25, 0.3) is 17.7 Å². The molecule has 270 valence electrons. The summed E-state index contributed by atoms with van der Waals surface area (Å²) in [6.07, 6.45) is 4.30. The molecule has 14 heteroatoms.